The van der Waals surface area contributed by atoms with Crippen molar-refractivity contribution in [1.29, 1.82) is 0 Å². The summed E-state index contributed by atoms with van der Waals surface area (Å²) < 4.78 is 0. The lowest BCUT2D eigenvalue weighted by Crippen LogP contribution is -2.10. The fraction of sp³-hybridized carbons (Fsp3) is 0.909. The third kappa shape index (κ3) is 5.92. The van der Waals surface area contributed by atoms with E-state index in [1.165, 1.54) is 43.6 Å². The molecule has 0 aromatic heterocycles. The van der Waals surface area contributed by atoms with Gasteiger partial charge in [0.2, 0.25) is 0 Å². The van der Waals surface area contributed by atoms with Crippen LogP contribution in [0.5, 0.6) is 0 Å². The van der Waals surface area contributed by atoms with Crippen LogP contribution in [0.2, 0.25) is 0 Å². The normalized spacial score (nSPS) is 18.5. The average molecular weight is 230 g/mol. The van der Waals surface area contributed by atoms with E-state index in [1.54, 1.807) is 0 Å². The minimum atomic E-state index is 0.357. The van der Waals surface area contributed by atoms with E-state index < -0.39 is 0 Å². The highest BCUT2D eigenvalue weighted by Gasteiger charge is 2.14. The highest BCUT2D eigenvalue weighted by atomic mass is 32.2. The van der Waals surface area contributed by atoms with E-state index >= 15 is 0 Å². The molecule has 15 heavy (non-hydrogen) atoms. The standard InChI is InChI=1S/C11H22N2OS/c12-11(13-14)7-3-4-8-15-9-10-5-1-2-6-10/h10,14H,1-9H2,(H2,12,13). The number of oxime groups is 1. The highest BCUT2D eigenvalue weighted by molar-refractivity contribution is 7.99. The molecule has 1 aliphatic rings. The molecule has 3 N–H and O–H groups in total. The first-order valence-electron chi connectivity index (χ1n) is 5.87. The predicted octanol–water partition coefficient (Wildman–Crippen LogP) is 2.83. The largest absolute Gasteiger partial charge is 0.409 e. The second-order valence-electron chi connectivity index (χ2n) is 4.27. The molecular formula is C11H22N2OS. The monoisotopic (exact) mass is 230 g/mol. The molecule has 0 bridgehead atoms. The SMILES string of the molecule is NC(CCCCSCC1CCCC1)=NO. The van der Waals surface area contributed by atoms with Crippen molar-refractivity contribution in [3.8, 4) is 0 Å². The molecule has 0 atom stereocenters. The summed E-state index contributed by atoms with van der Waals surface area (Å²) in [5, 5.41) is 11.3. The van der Waals surface area contributed by atoms with Gasteiger partial charge in [-0.1, -0.05) is 18.0 Å². The van der Waals surface area contributed by atoms with Gasteiger partial charge in [0.25, 0.3) is 0 Å². The van der Waals surface area contributed by atoms with Crippen LogP contribution in [0, 0.1) is 5.92 Å². The minimum absolute atomic E-state index is 0.357. The van der Waals surface area contributed by atoms with E-state index in [0.29, 0.717) is 5.84 Å². The average Bonchev–Trinajstić information content (AvgIpc) is 2.75. The van der Waals surface area contributed by atoms with Crippen LogP contribution in [-0.2, 0) is 0 Å². The Balaban J connectivity index is 1.84. The van der Waals surface area contributed by atoms with Gasteiger partial charge in [0.1, 0.15) is 5.84 Å². The van der Waals surface area contributed by atoms with Gasteiger partial charge in [0, 0.05) is 6.42 Å². The topological polar surface area (TPSA) is 58.6 Å². The molecular weight excluding hydrogens is 208 g/mol. The smallest absolute Gasteiger partial charge is 0.139 e. The van der Waals surface area contributed by atoms with E-state index in [4.69, 9.17) is 10.9 Å². The molecule has 0 unspecified atom stereocenters. The van der Waals surface area contributed by atoms with Crippen molar-refractivity contribution >= 4 is 17.6 Å². The first kappa shape index (κ1) is 12.7. The van der Waals surface area contributed by atoms with Gasteiger partial charge in [-0.25, -0.2) is 0 Å². The predicted molar refractivity (Wildman–Crippen MR) is 66.5 cm³/mol. The summed E-state index contributed by atoms with van der Waals surface area (Å²) in [6, 6.07) is 0. The van der Waals surface area contributed by atoms with Gasteiger partial charge >= 0.3 is 0 Å². The minimum Gasteiger partial charge on any atom is -0.409 e. The zero-order valence-electron chi connectivity index (χ0n) is 9.32. The van der Waals surface area contributed by atoms with Crippen LogP contribution in [0.25, 0.3) is 0 Å². The summed E-state index contributed by atoms with van der Waals surface area (Å²) in [5.74, 6) is 3.90. The summed E-state index contributed by atoms with van der Waals surface area (Å²) in [6.45, 7) is 0. The Bertz CT molecular complexity index is 191. The molecule has 1 aliphatic carbocycles. The van der Waals surface area contributed by atoms with Crippen LogP contribution in [0.1, 0.15) is 44.9 Å². The summed E-state index contributed by atoms with van der Waals surface area (Å²) in [6.07, 6.45) is 8.69. The Kier molecular flexibility index (Phi) is 6.64. The Morgan fingerprint density at radius 1 is 1.33 bits per heavy atom. The van der Waals surface area contributed by atoms with Crippen LogP contribution >= 0.6 is 11.8 Å². The lowest BCUT2D eigenvalue weighted by atomic mass is 10.1. The van der Waals surface area contributed by atoms with E-state index in [0.717, 1.165) is 18.8 Å². The van der Waals surface area contributed by atoms with Crippen molar-refractivity contribution in [2.75, 3.05) is 11.5 Å². The van der Waals surface area contributed by atoms with Gasteiger partial charge in [-0.05, 0) is 43.1 Å². The number of rotatable bonds is 7. The van der Waals surface area contributed by atoms with Gasteiger partial charge in [0.15, 0.2) is 0 Å². The van der Waals surface area contributed by atoms with Gasteiger partial charge in [-0.2, -0.15) is 11.8 Å². The highest BCUT2D eigenvalue weighted by Crippen LogP contribution is 2.28. The van der Waals surface area contributed by atoms with Crippen molar-refractivity contribution in [3.63, 3.8) is 0 Å². The Hall–Kier alpha value is -0.380. The molecule has 1 saturated carbocycles. The number of thioether (sulfide) groups is 1. The number of nitrogens with two attached hydrogens (primary N) is 1. The van der Waals surface area contributed by atoms with E-state index in [1.807, 2.05) is 0 Å². The van der Waals surface area contributed by atoms with E-state index in [9.17, 15) is 0 Å². The van der Waals surface area contributed by atoms with Gasteiger partial charge < -0.3 is 10.9 Å². The van der Waals surface area contributed by atoms with E-state index in [-0.39, 0.29) is 0 Å². The number of hydrogen-bond donors (Lipinski definition) is 2. The zero-order chi connectivity index (χ0) is 10.9. The third-order valence-corrected chi connectivity index (χ3v) is 4.21. The van der Waals surface area contributed by atoms with Crippen molar-refractivity contribution in [1.82, 2.24) is 0 Å². The Morgan fingerprint density at radius 3 is 2.73 bits per heavy atom. The second kappa shape index (κ2) is 7.85. The molecule has 1 fully saturated rings. The third-order valence-electron chi connectivity index (χ3n) is 2.93. The molecule has 0 spiro atoms. The van der Waals surface area contributed by atoms with E-state index in [2.05, 4.69) is 16.9 Å². The van der Waals surface area contributed by atoms with Gasteiger partial charge in [0.05, 0.1) is 0 Å². The maximum absolute atomic E-state index is 8.34. The first-order chi connectivity index (χ1) is 7.33. The van der Waals surface area contributed by atoms with Crippen LogP contribution in [0.3, 0.4) is 0 Å². The number of nitrogens with zero attached hydrogens (tertiary/aromatic N) is 1. The van der Waals surface area contributed by atoms with Gasteiger partial charge in [-0.15, -0.1) is 0 Å². The van der Waals surface area contributed by atoms with Crippen molar-refractivity contribution in [3.05, 3.63) is 0 Å². The second-order valence-corrected chi connectivity index (χ2v) is 5.42. The fourth-order valence-electron chi connectivity index (χ4n) is 1.99. The lowest BCUT2D eigenvalue weighted by Gasteiger charge is -2.07. The number of hydrogen-bond acceptors (Lipinski definition) is 3. The maximum Gasteiger partial charge on any atom is 0.139 e. The maximum atomic E-state index is 8.34. The molecule has 4 heteroatoms. The van der Waals surface area contributed by atoms with Crippen molar-refractivity contribution in [2.45, 2.75) is 44.9 Å². The summed E-state index contributed by atoms with van der Waals surface area (Å²) in [7, 11) is 0. The molecule has 0 aliphatic heterocycles. The molecule has 1 rings (SSSR count). The lowest BCUT2D eigenvalue weighted by molar-refractivity contribution is 0.316. The van der Waals surface area contributed by atoms with Crippen LogP contribution in [0.4, 0.5) is 0 Å². The Morgan fingerprint density at radius 2 is 2.07 bits per heavy atom. The molecule has 0 aromatic carbocycles. The fourth-order valence-corrected chi connectivity index (χ4v) is 3.23. The van der Waals surface area contributed by atoms with Crippen molar-refractivity contribution in [2.24, 2.45) is 16.8 Å². The summed E-state index contributed by atoms with van der Waals surface area (Å²) in [4.78, 5) is 0. The number of unbranched alkanes of at least 4 members (excludes halogenated alkanes) is 1. The molecule has 0 amide bonds. The Labute approximate surface area is 96.5 Å². The van der Waals surface area contributed by atoms with Crippen LogP contribution in [0.15, 0.2) is 5.16 Å². The summed E-state index contributed by atoms with van der Waals surface area (Å²) in [5.41, 5.74) is 5.38. The number of amidine groups is 1. The molecule has 88 valence electrons. The van der Waals surface area contributed by atoms with Crippen LogP contribution in [-0.4, -0.2) is 22.5 Å². The first-order valence-corrected chi connectivity index (χ1v) is 7.02. The molecule has 0 heterocycles. The molecule has 0 aromatic rings. The summed E-state index contributed by atoms with van der Waals surface area (Å²) >= 11 is 2.07. The zero-order valence-corrected chi connectivity index (χ0v) is 10.1. The van der Waals surface area contributed by atoms with Crippen LogP contribution < -0.4 is 5.73 Å². The molecule has 0 radical (unpaired) electrons. The van der Waals surface area contributed by atoms with Crippen molar-refractivity contribution < 1.29 is 5.21 Å². The molecule has 0 saturated heterocycles. The quantitative estimate of drug-likeness (QED) is 0.232. The van der Waals surface area contributed by atoms with Gasteiger partial charge in [-0.3, -0.25) is 0 Å². The molecule has 3 nitrogen and oxygen atoms in total.